The summed E-state index contributed by atoms with van der Waals surface area (Å²) in [6.07, 6.45) is 2.68. The number of carbonyl (C=O) groups excluding carboxylic acids is 2. The summed E-state index contributed by atoms with van der Waals surface area (Å²) in [5.74, 6) is -0.441. The average Bonchev–Trinajstić information content (AvgIpc) is 2.62. The van der Waals surface area contributed by atoms with Crippen molar-refractivity contribution in [1.82, 2.24) is 5.32 Å². The molecule has 1 N–H and O–H groups in total. The number of aliphatic carboxylic acids is 1. The normalized spacial score (nSPS) is 17.3. The number of fused-ring (bicyclic) bond motifs is 1. The Balaban J connectivity index is 2.15. The maximum absolute atomic E-state index is 12.4. The van der Waals surface area contributed by atoms with E-state index in [9.17, 15) is 14.7 Å². The number of aryl methyl sites for hydroxylation is 1. The highest BCUT2D eigenvalue weighted by atomic mass is 16.5. The van der Waals surface area contributed by atoms with Gasteiger partial charge in [-0.05, 0) is 67.3 Å². The summed E-state index contributed by atoms with van der Waals surface area (Å²) in [5, 5.41) is 13.6. The largest absolute Gasteiger partial charge is 0.546 e. The Hall–Kier alpha value is -2.08. The van der Waals surface area contributed by atoms with Gasteiger partial charge in [-0.15, -0.1) is 0 Å². The molecule has 0 bridgehead atoms. The van der Waals surface area contributed by atoms with Crippen LogP contribution in [0.5, 0.6) is 5.75 Å². The van der Waals surface area contributed by atoms with Crippen molar-refractivity contribution in [2.75, 3.05) is 26.9 Å². The molecule has 2 atom stereocenters. The highest BCUT2D eigenvalue weighted by Gasteiger charge is 2.30. The SMILES string of the molecule is COCCNC(=O)[C@@H](C)[C@@H]1CCc2c(C)cc(OCC(=O)[O-])c(C)c2C1. The lowest BCUT2D eigenvalue weighted by Gasteiger charge is -2.31. The van der Waals surface area contributed by atoms with Crippen LogP contribution in [-0.4, -0.2) is 38.7 Å². The van der Waals surface area contributed by atoms with Crippen molar-refractivity contribution in [2.24, 2.45) is 11.8 Å². The second-order valence-electron chi connectivity index (χ2n) is 7.01. The van der Waals surface area contributed by atoms with Crippen molar-refractivity contribution < 1.29 is 24.2 Å². The summed E-state index contributed by atoms with van der Waals surface area (Å²) in [6, 6.07) is 1.90. The van der Waals surface area contributed by atoms with E-state index in [0.29, 0.717) is 18.9 Å². The van der Waals surface area contributed by atoms with E-state index in [2.05, 4.69) is 5.32 Å². The fourth-order valence-corrected chi connectivity index (χ4v) is 3.69. The molecule has 1 aromatic carbocycles. The van der Waals surface area contributed by atoms with Gasteiger partial charge in [0.1, 0.15) is 12.4 Å². The highest BCUT2D eigenvalue weighted by molar-refractivity contribution is 5.78. The second kappa shape index (κ2) is 9.03. The minimum absolute atomic E-state index is 0.0502. The standard InChI is InChI=1S/C20H29NO5/c1-12-9-18(26-11-19(22)23)14(3)17-10-15(5-6-16(12)17)13(2)20(24)21-7-8-25-4/h9,13,15H,5-8,10-11H2,1-4H3,(H,21,24)(H,22,23)/p-1/t13-,15+/m0/s1. The molecule has 0 saturated heterocycles. The highest BCUT2D eigenvalue weighted by Crippen LogP contribution is 2.37. The van der Waals surface area contributed by atoms with Gasteiger partial charge in [-0.25, -0.2) is 0 Å². The van der Waals surface area contributed by atoms with Crippen LogP contribution < -0.4 is 15.2 Å². The number of carboxylic acid groups (broad SMARTS) is 1. The van der Waals surface area contributed by atoms with E-state index < -0.39 is 12.6 Å². The minimum atomic E-state index is -1.24. The molecule has 0 spiro atoms. The van der Waals surface area contributed by atoms with Crippen molar-refractivity contribution in [1.29, 1.82) is 0 Å². The lowest BCUT2D eigenvalue weighted by molar-refractivity contribution is -0.307. The molecule has 0 saturated carbocycles. The molecular weight excluding hydrogens is 334 g/mol. The number of carbonyl (C=O) groups is 2. The third-order valence-corrected chi connectivity index (χ3v) is 5.31. The van der Waals surface area contributed by atoms with Crippen LogP contribution in [0.4, 0.5) is 0 Å². The molecule has 0 aliphatic heterocycles. The molecule has 1 aliphatic carbocycles. The maximum atomic E-state index is 12.4. The number of ether oxygens (including phenoxy) is 2. The smallest absolute Gasteiger partial charge is 0.223 e. The van der Waals surface area contributed by atoms with E-state index in [1.54, 1.807) is 7.11 Å². The molecule has 144 valence electrons. The van der Waals surface area contributed by atoms with Gasteiger partial charge in [-0.2, -0.15) is 0 Å². The summed E-state index contributed by atoms with van der Waals surface area (Å²) in [7, 11) is 1.61. The maximum Gasteiger partial charge on any atom is 0.223 e. The summed E-state index contributed by atoms with van der Waals surface area (Å²) in [6.45, 7) is 6.50. The third kappa shape index (κ3) is 4.75. The van der Waals surface area contributed by atoms with Crippen LogP contribution in [0.15, 0.2) is 6.07 Å². The predicted molar refractivity (Wildman–Crippen MR) is 96.0 cm³/mol. The number of hydrogen-bond donors (Lipinski definition) is 1. The molecule has 0 heterocycles. The van der Waals surface area contributed by atoms with Crippen LogP contribution in [0, 0.1) is 25.7 Å². The molecule has 0 aromatic heterocycles. The molecule has 1 aromatic rings. The van der Waals surface area contributed by atoms with Crippen LogP contribution in [-0.2, 0) is 27.2 Å². The van der Waals surface area contributed by atoms with E-state index in [1.807, 2.05) is 26.8 Å². The molecule has 1 aliphatic rings. The molecule has 6 nitrogen and oxygen atoms in total. The first-order valence-corrected chi connectivity index (χ1v) is 9.06. The lowest BCUT2D eigenvalue weighted by Crippen LogP contribution is -2.37. The first kappa shape index (κ1) is 20.2. The number of amides is 1. The number of rotatable bonds is 8. The zero-order chi connectivity index (χ0) is 19.3. The Kier molecular flexibility index (Phi) is 7.03. The molecule has 0 fully saturated rings. The molecule has 6 heteroatoms. The number of methoxy groups -OCH3 is 1. The van der Waals surface area contributed by atoms with Crippen LogP contribution in [0.25, 0.3) is 0 Å². The Bertz CT molecular complexity index is 671. The van der Waals surface area contributed by atoms with Crippen LogP contribution >= 0.6 is 0 Å². The van der Waals surface area contributed by atoms with Crippen LogP contribution in [0.1, 0.15) is 35.6 Å². The van der Waals surface area contributed by atoms with E-state index >= 15 is 0 Å². The monoisotopic (exact) mass is 362 g/mol. The Morgan fingerprint density at radius 2 is 2.08 bits per heavy atom. The molecular formula is C20H28NO5-. The van der Waals surface area contributed by atoms with Gasteiger partial charge in [-0.3, -0.25) is 4.79 Å². The van der Waals surface area contributed by atoms with Gasteiger partial charge in [0, 0.05) is 19.6 Å². The van der Waals surface area contributed by atoms with Gasteiger partial charge in [-0.1, -0.05) is 6.92 Å². The summed E-state index contributed by atoms with van der Waals surface area (Å²) in [4.78, 5) is 23.1. The van der Waals surface area contributed by atoms with Crippen molar-refractivity contribution in [3.8, 4) is 5.75 Å². The van der Waals surface area contributed by atoms with Crippen LogP contribution in [0.2, 0.25) is 0 Å². The van der Waals surface area contributed by atoms with Gasteiger partial charge < -0.3 is 24.7 Å². The molecule has 1 amide bonds. The van der Waals surface area contributed by atoms with Gasteiger partial charge in [0.2, 0.25) is 5.91 Å². The van der Waals surface area contributed by atoms with E-state index in [-0.39, 0.29) is 17.7 Å². The van der Waals surface area contributed by atoms with Gasteiger partial charge in [0.05, 0.1) is 12.6 Å². The van der Waals surface area contributed by atoms with Crippen LogP contribution in [0.3, 0.4) is 0 Å². The third-order valence-electron chi connectivity index (χ3n) is 5.31. The van der Waals surface area contributed by atoms with Gasteiger partial charge >= 0.3 is 0 Å². The summed E-state index contributed by atoms with van der Waals surface area (Å²) in [5.41, 5.74) is 4.55. The first-order chi connectivity index (χ1) is 12.3. The zero-order valence-corrected chi connectivity index (χ0v) is 16.0. The minimum Gasteiger partial charge on any atom is -0.546 e. The van der Waals surface area contributed by atoms with Crippen molar-refractivity contribution in [3.05, 3.63) is 28.3 Å². The second-order valence-corrected chi connectivity index (χ2v) is 7.01. The fourth-order valence-electron chi connectivity index (χ4n) is 3.69. The van der Waals surface area contributed by atoms with E-state index in [0.717, 1.165) is 30.4 Å². The number of nitrogens with one attached hydrogen (secondary N) is 1. The molecule has 26 heavy (non-hydrogen) atoms. The lowest BCUT2D eigenvalue weighted by atomic mass is 9.74. The quantitative estimate of drug-likeness (QED) is 0.695. The Morgan fingerprint density at radius 1 is 1.35 bits per heavy atom. The number of hydrogen-bond acceptors (Lipinski definition) is 5. The number of carboxylic acids is 1. The van der Waals surface area contributed by atoms with Crippen molar-refractivity contribution in [3.63, 3.8) is 0 Å². The van der Waals surface area contributed by atoms with E-state index in [4.69, 9.17) is 9.47 Å². The average molecular weight is 362 g/mol. The Morgan fingerprint density at radius 3 is 2.73 bits per heavy atom. The van der Waals surface area contributed by atoms with Gasteiger partial charge in [0.25, 0.3) is 0 Å². The fraction of sp³-hybridized carbons (Fsp3) is 0.600. The molecule has 0 radical (unpaired) electrons. The number of benzene rings is 1. The van der Waals surface area contributed by atoms with E-state index in [1.165, 1.54) is 11.1 Å². The first-order valence-electron chi connectivity index (χ1n) is 9.06. The molecule has 0 unspecified atom stereocenters. The predicted octanol–water partition coefficient (Wildman–Crippen LogP) is 0.936. The summed E-state index contributed by atoms with van der Waals surface area (Å²) < 4.78 is 10.4. The van der Waals surface area contributed by atoms with Crippen molar-refractivity contribution in [2.45, 2.75) is 40.0 Å². The van der Waals surface area contributed by atoms with Crippen molar-refractivity contribution >= 4 is 11.9 Å². The zero-order valence-electron chi connectivity index (χ0n) is 16.0. The topological polar surface area (TPSA) is 87.7 Å². The van der Waals surface area contributed by atoms with Gasteiger partial charge in [0.15, 0.2) is 0 Å². The summed E-state index contributed by atoms with van der Waals surface area (Å²) >= 11 is 0. The Labute approximate surface area is 154 Å². The molecule has 2 rings (SSSR count).